The highest BCUT2D eigenvalue weighted by molar-refractivity contribution is 5.92. The lowest BCUT2D eigenvalue weighted by atomic mass is 10.2. The maximum Gasteiger partial charge on any atom is 0.238 e. The van der Waals surface area contributed by atoms with Gasteiger partial charge < -0.3 is 15.4 Å². The molecule has 0 aliphatic carbocycles. The van der Waals surface area contributed by atoms with Gasteiger partial charge in [-0.15, -0.1) is 0 Å². The van der Waals surface area contributed by atoms with E-state index in [1.54, 1.807) is 19.4 Å². The average molecular weight is 289 g/mol. The van der Waals surface area contributed by atoms with E-state index in [1.165, 1.54) is 24.3 Å². The summed E-state index contributed by atoms with van der Waals surface area (Å²) in [4.78, 5) is 15.8. The van der Waals surface area contributed by atoms with Gasteiger partial charge in [-0.05, 0) is 30.3 Å². The number of carbonyl (C=O) groups excluding carboxylic acids is 1. The van der Waals surface area contributed by atoms with E-state index in [0.29, 0.717) is 18.1 Å². The summed E-state index contributed by atoms with van der Waals surface area (Å²) in [5.41, 5.74) is 1.43. The Morgan fingerprint density at radius 1 is 1.29 bits per heavy atom. The highest BCUT2D eigenvalue weighted by Gasteiger charge is 2.05. The van der Waals surface area contributed by atoms with Crippen LogP contribution in [0.2, 0.25) is 0 Å². The van der Waals surface area contributed by atoms with Crippen LogP contribution in [0.15, 0.2) is 42.6 Å². The third kappa shape index (κ3) is 4.54. The normalized spacial score (nSPS) is 10.2. The van der Waals surface area contributed by atoms with Crippen LogP contribution >= 0.6 is 0 Å². The van der Waals surface area contributed by atoms with E-state index in [0.717, 1.165) is 5.56 Å². The minimum Gasteiger partial charge on any atom is -0.481 e. The Balaban J connectivity index is 1.80. The quantitative estimate of drug-likeness (QED) is 0.853. The van der Waals surface area contributed by atoms with Crippen molar-refractivity contribution in [1.82, 2.24) is 10.3 Å². The molecule has 0 radical (unpaired) electrons. The van der Waals surface area contributed by atoms with Crippen LogP contribution in [0.3, 0.4) is 0 Å². The van der Waals surface area contributed by atoms with Crippen molar-refractivity contribution in [1.29, 1.82) is 0 Å². The molecule has 2 N–H and O–H groups in total. The molecule has 0 aliphatic heterocycles. The summed E-state index contributed by atoms with van der Waals surface area (Å²) in [7, 11) is 1.55. The third-order valence-corrected chi connectivity index (χ3v) is 2.77. The van der Waals surface area contributed by atoms with Gasteiger partial charge >= 0.3 is 0 Å². The summed E-state index contributed by atoms with van der Waals surface area (Å²) in [5.74, 6) is -0.0109. The average Bonchev–Trinajstić information content (AvgIpc) is 2.50. The first-order valence-electron chi connectivity index (χ1n) is 6.43. The van der Waals surface area contributed by atoms with Gasteiger partial charge in [0.15, 0.2) is 0 Å². The van der Waals surface area contributed by atoms with E-state index in [4.69, 9.17) is 4.74 Å². The number of hydrogen-bond acceptors (Lipinski definition) is 4. The molecule has 0 spiro atoms. The number of anilines is 1. The molecule has 1 heterocycles. The summed E-state index contributed by atoms with van der Waals surface area (Å²) in [5, 5.41) is 5.67. The molecule has 21 heavy (non-hydrogen) atoms. The summed E-state index contributed by atoms with van der Waals surface area (Å²) in [6, 6.07) is 9.29. The van der Waals surface area contributed by atoms with Gasteiger partial charge in [0, 0.05) is 24.0 Å². The number of aromatic nitrogens is 1. The fourth-order valence-corrected chi connectivity index (χ4v) is 1.79. The standard InChI is InChI=1S/C15H16FN3O2/c1-21-15-11(3-2-8-18-15)9-17-10-14(20)19-13-6-4-12(16)5-7-13/h2-8,17H,9-10H2,1H3,(H,19,20). The van der Waals surface area contributed by atoms with E-state index < -0.39 is 0 Å². The fraction of sp³-hybridized carbons (Fsp3) is 0.200. The lowest BCUT2D eigenvalue weighted by Crippen LogP contribution is -2.27. The van der Waals surface area contributed by atoms with Gasteiger partial charge in [-0.1, -0.05) is 6.07 Å². The molecule has 0 atom stereocenters. The Labute approximate surface area is 122 Å². The fourth-order valence-electron chi connectivity index (χ4n) is 1.79. The molecule has 5 nitrogen and oxygen atoms in total. The molecule has 0 saturated carbocycles. The molecule has 0 fully saturated rings. The van der Waals surface area contributed by atoms with Gasteiger partial charge in [-0.25, -0.2) is 9.37 Å². The zero-order chi connectivity index (χ0) is 15.1. The highest BCUT2D eigenvalue weighted by Crippen LogP contribution is 2.12. The van der Waals surface area contributed by atoms with Gasteiger partial charge in [0.2, 0.25) is 11.8 Å². The van der Waals surface area contributed by atoms with Gasteiger partial charge in [0.05, 0.1) is 13.7 Å². The Morgan fingerprint density at radius 2 is 2.05 bits per heavy atom. The van der Waals surface area contributed by atoms with Crippen molar-refractivity contribution in [3.8, 4) is 5.88 Å². The topological polar surface area (TPSA) is 63.2 Å². The van der Waals surface area contributed by atoms with Crippen LogP contribution in [0.4, 0.5) is 10.1 Å². The SMILES string of the molecule is COc1ncccc1CNCC(=O)Nc1ccc(F)cc1. The van der Waals surface area contributed by atoms with Crippen LogP contribution in [0, 0.1) is 5.82 Å². The summed E-state index contributed by atoms with van der Waals surface area (Å²) in [6.45, 7) is 0.600. The van der Waals surface area contributed by atoms with E-state index in [9.17, 15) is 9.18 Å². The van der Waals surface area contributed by atoms with E-state index in [2.05, 4.69) is 15.6 Å². The van der Waals surface area contributed by atoms with Crippen LogP contribution in [-0.2, 0) is 11.3 Å². The largest absolute Gasteiger partial charge is 0.481 e. The second kappa shape index (κ2) is 7.35. The van der Waals surface area contributed by atoms with Gasteiger partial charge in [-0.3, -0.25) is 4.79 Å². The number of halogens is 1. The number of amides is 1. The molecule has 0 aliphatic rings. The predicted molar refractivity (Wildman–Crippen MR) is 77.5 cm³/mol. The van der Waals surface area contributed by atoms with Crippen LogP contribution in [0.5, 0.6) is 5.88 Å². The Bertz CT molecular complexity index is 602. The second-order valence-corrected chi connectivity index (χ2v) is 4.33. The maximum atomic E-state index is 12.7. The lowest BCUT2D eigenvalue weighted by molar-refractivity contribution is -0.115. The van der Waals surface area contributed by atoms with Crippen LogP contribution in [0.1, 0.15) is 5.56 Å². The number of benzene rings is 1. The molecular weight excluding hydrogens is 273 g/mol. The summed E-state index contributed by atoms with van der Waals surface area (Å²) >= 11 is 0. The number of pyridine rings is 1. The zero-order valence-corrected chi connectivity index (χ0v) is 11.6. The number of rotatable bonds is 6. The highest BCUT2D eigenvalue weighted by atomic mass is 19.1. The molecular formula is C15H16FN3O2. The summed E-state index contributed by atoms with van der Waals surface area (Å²) in [6.07, 6.45) is 1.64. The number of methoxy groups -OCH3 is 1. The van der Waals surface area contributed by atoms with Crippen molar-refractivity contribution in [2.24, 2.45) is 0 Å². The minimum absolute atomic E-state index is 0.134. The first-order chi connectivity index (χ1) is 10.2. The molecule has 1 amide bonds. The van der Waals surface area contributed by atoms with Crippen LogP contribution < -0.4 is 15.4 Å². The third-order valence-electron chi connectivity index (χ3n) is 2.77. The molecule has 1 aromatic carbocycles. The van der Waals surface area contributed by atoms with Crippen molar-refractivity contribution < 1.29 is 13.9 Å². The second-order valence-electron chi connectivity index (χ2n) is 4.33. The first-order valence-corrected chi connectivity index (χ1v) is 6.43. The minimum atomic E-state index is -0.338. The number of carbonyl (C=O) groups is 1. The molecule has 110 valence electrons. The maximum absolute atomic E-state index is 12.7. The smallest absolute Gasteiger partial charge is 0.238 e. The van der Waals surface area contributed by atoms with Crippen molar-refractivity contribution in [3.05, 3.63) is 54.0 Å². The molecule has 1 aromatic heterocycles. The monoisotopic (exact) mass is 289 g/mol. The van der Waals surface area contributed by atoms with Crippen molar-refractivity contribution in [2.45, 2.75) is 6.54 Å². The Morgan fingerprint density at radius 3 is 2.76 bits per heavy atom. The molecule has 0 bridgehead atoms. The zero-order valence-electron chi connectivity index (χ0n) is 11.6. The molecule has 2 aromatic rings. The van der Waals surface area contributed by atoms with E-state index in [-0.39, 0.29) is 18.3 Å². The van der Waals surface area contributed by atoms with E-state index >= 15 is 0 Å². The molecule has 2 rings (SSSR count). The lowest BCUT2D eigenvalue weighted by Gasteiger charge is -2.09. The molecule has 0 unspecified atom stereocenters. The molecule has 0 saturated heterocycles. The molecule has 6 heteroatoms. The van der Waals surface area contributed by atoms with Crippen LogP contribution in [0.25, 0.3) is 0 Å². The van der Waals surface area contributed by atoms with Gasteiger partial charge in [0.1, 0.15) is 5.82 Å². The number of ether oxygens (including phenoxy) is 1. The summed E-state index contributed by atoms with van der Waals surface area (Å²) < 4.78 is 17.9. The van der Waals surface area contributed by atoms with Gasteiger partial charge in [0.25, 0.3) is 0 Å². The number of nitrogens with zero attached hydrogens (tertiary/aromatic N) is 1. The van der Waals surface area contributed by atoms with Crippen LogP contribution in [-0.4, -0.2) is 24.5 Å². The number of hydrogen-bond donors (Lipinski definition) is 2. The Hall–Kier alpha value is -2.47. The van der Waals surface area contributed by atoms with Crippen molar-refractivity contribution >= 4 is 11.6 Å². The van der Waals surface area contributed by atoms with Crippen molar-refractivity contribution in [2.75, 3.05) is 19.0 Å². The predicted octanol–water partition coefficient (Wildman–Crippen LogP) is 1.96. The van der Waals surface area contributed by atoms with Gasteiger partial charge in [-0.2, -0.15) is 0 Å². The Kier molecular flexibility index (Phi) is 5.22. The first kappa shape index (κ1) is 14.9. The van der Waals surface area contributed by atoms with Crippen molar-refractivity contribution in [3.63, 3.8) is 0 Å². The number of nitrogens with one attached hydrogen (secondary N) is 2. The van der Waals surface area contributed by atoms with E-state index in [1.807, 2.05) is 6.07 Å².